The van der Waals surface area contributed by atoms with Gasteiger partial charge in [-0.15, -0.1) is 0 Å². The van der Waals surface area contributed by atoms with Crippen LogP contribution in [0.1, 0.15) is 0 Å². The van der Waals surface area contributed by atoms with E-state index in [1.54, 1.807) is 6.07 Å². The van der Waals surface area contributed by atoms with Gasteiger partial charge in [-0.1, -0.05) is 40.6 Å². The van der Waals surface area contributed by atoms with Gasteiger partial charge in [0.15, 0.2) is 11.5 Å². The molecular weight excluding hydrogens is 218 g/mol. The number of phenolic OH excluding ortho intramolecular Hbond substituents is 1. The number of nitrogens with one attached hydrogen (secondary N) is 1. The van der Waals surface area contributed by atoms with Crippen molar-refractivity contribution in [1.29, 1.82) is 0 Å². The molecule has 1 aromatic heterocycles. The van der Waals surface area contributed by atoms with E-state index in [0.29, 0.717) is 11.6 Å². The lowest BCUT2D eigenvalue weighted by atomic mass is 10.1. The lowest BCUT2D eigenvalue weighted by Crippen LogP contribution is -1.86. The average Bonchev–Trinajstić information content (AvgIpc) is 2.86. The van der Waals surface area contributed by atoms with Crippen molar-refractivity contribution in [3.63, 3.8) is 0 Å². The molecule has 0 radical (unpaired) electrons. The summed E-state index contributed by atoms with van der Waals surface area (Å²) in [6, 6.07) is 11.1. The van der Waals surface area contributed by atoms with Crippen LogP contribution in [0.2, 0.25) is 0 Å². The maximum atomic E-state index is 10.1. The number of H-pyrrole nitrogens is 1. The average molecular weight is 227 g/mol. The van der Waals surface area contributed by atoms with E-state index < -0.39 is 0 Å². The Kier molecular flexibility index (Phi) is 2.15. The van der Waals surface area contributed by atoms with Crippen LogP contribution in [-0.2, 0) is 0 Å². The summed E-state index contributed by atoms with van der Waals surface area (Å²) in [6.07, 6.45) is 1.51. The minimum Gasteiger partial charge on any atom is -0.504 e. The minimum atomic E-state index is 0.103. The van der Waals surface area contributed by atoms with E-state index in [0.717, 1.165) is 10.8 Å². The van der Waals surface area contributed by atoms with E-state index in [4.69, 9.17) is 4.74 Å². The van der Waals surface area contributed by atoms with Crippen LogP contribution in [0.4, 0.5) is 0 Å². The lowest BCUT2D eigenvalue weighted by Gasteiger charge is -2.07. The van der Waals surface area contributed by atoms with Crippen molar-refractivity contribution in [2.75, 3.05) is 0 Å². The van der Waals surface area contributed by atoms with Gasteiger partial charge in [0.2, 0.25) is 0 Å². The van der Waals surface area contributed by atoms with Gasteiger partial charge in [-0.3, -0.25) is 5.10 Å². The first-order chi connectivity index (χ1) is 8.34. The first kappa shape index (κ1) is 9.65. The molecule has 0 saturated heterocycles. The summed E-state index contributed by atoms with van der Waals surface area (Å²) in [5.74, 6) is 0.777. The fourth-order valence-electron chi connectivity index (χ4n) is 1.67. The van der Waals surface area contributed by atoms with E-state index in [-0.39, 0.29) is 5.75 Å². The molecule has 17 heavy (non-hydrogen) atoms. The number of hydrogen-bond acceptors (Lipinski definition) is 4. The van der Waals surface area contributed by atoms with Gasteiger partial charge in [0.05, 0.1) is 6.20 Å². The highest BCUT2D eigenvalue weighted by atomic mass is 16.5. The van der Waals surface area contributed by atoms with Crippen LogP contribution in [0.25, 0.3) is 10.8 Å². The Morgan fingerprint density at radius 2 is 2.00 bits per heavy atom. The summed E-state index contributed by atoms with van der Waals surface area (Å²) in [6.45, 7) is 0. The van der Waals surface area contributed by atoms with Crippen LogP contribution >= 0.6 is 0 Å². The van der Waals surface area contributed by atoms with E-state index in [2.05, 4.69) is 15.4 Å². The van der Waals surface area contributed by atoms with Crippen molar-refractivity contribution in [3.8, 4) is 17.4 Å². The second kappa shape index (κ2) is 3.79. The molecule has 2 N–H and O–H groups in total. The molecule has 0 unspecified atom stereocenters. The van der Waals surface area contributed by atoms with Crippen LogP contribution in [0.5, 0.6) is 17.4 Å². The summed E-state index contributed by atoms with van der Waals surface area (Å²) in [4.78, 5) is 0. The largest absolute Gasteiger partial charge is 0.504 e. The molecule has 1 heterocycles. The van der Waals surface area contributed by atoms with Crippen LogP contribution < -0.4 is 4.74 Å². The summed E-state index contributed by atoms with van der Waals surface area (Å²) < 4.78 is 5.40. The van der Waals surface area contributed by atoms with Crippen molar-refractivity contribution in [2.24, 2.45) is 0 Å². The summed E-state index contributed by atoms with van der Waals surface area (Å²) >= 11 is 0. The third-order valence-electron chi connectivity index (χ3n) is 2.47. The quantitative estimate of drug-likeness (QED) is 0.705. The molecule has 0 spiro atoms. The van der Waals surface area contributed by atoms with Gasteiger partial charge in [-0.05, 0) is 11.5 Å². The number of hydrogen-bond donors (Lipinski definition) is 2. The Morgan fingerprint density at radius 1 is 1.12 bits per heavy atom. The monoisotopic (exact) mass is 227 g/mol. The van der Waals surface area contributed by atoms with Gasteiger partial charge in [-0.2, -0.15) is 0 Å². The second-order valence-corrected chi connectivity index (χ2v) is 3.55. The Hall–Kier alpha value is -2.56. The van der Waals surface area contributed by atoms with Crippen molar-refractivity contribution < 1.29 is 9.84 Å². The maximum absolute atomic E-state index is 10.1. The molecule has 0 amide bonds. The Bertz CT molecular complexity index is 650. The number of aromatic hydroxyl groups is 1. The molecule has 0 fully saturated rings. The number of rotatable bonds is 2. The molecule has 0 saturated carbocycles. The number of nitrogens with zero attached hydrogens (tertiary/aromatic N) is 2. The van der Waals surface area contributed by atoms with Gasteiger partial charge in [0, 0.05) is 5.39 Å². The third kappa shape index (κ3) is 1.67. The smallest absolute Gasteiger partial charge is 0.258 e. The van der Waals surface area contributed by atoms with Gasteiger partial charge in [-0.25, -0.2) is 0 Å². The summed E-state index contributed by atoms with van der Waals surface area (Å²) in [7, 11) is 0. The number of aromatic nitrogens is 3. The van der Waals surface area contributed by atoms with Gasteiger partial charge >= 0.3 is 0 Å². The van der Waals surface area contributed by atoms with E-state index >= 15 is 0 Å². The Morgan fingerprint density at radius 3 is 2.82 bits per heavy atom. The Balaban J connectivity index is 2.09. The standard InChI is InChI=1S/C12H9N3O2/c16-12-9-4-2-1-3-8(9)5-6-10(12)17-11-7-13-15-14-11/h1-7,16H,(H,13,14,15). The number of aromatic amines is 1. The number of phenols is 1. The lowest BCUT2D eigenvalue weighted by molar-refractivity contribution is 0.406. The van der Waals surface area contributed by atoms with Crippen LogP contribution in [0, 0.1) is 0 Å². The summed E-state index contributed by atoms with van der Waals surface area (Å²) in [5.41, 5.74) is 0. The molecule has 3 rings (SSSR count). The highest BCUT2D eigenvalue weighted by Gasteiger charge is 2.08. The van der Waals surface area contributed by atoms with Gasteiger partial charge in [0.1, 0.15) is 0 Å². The highest BCUT2D eigenvalue weighted by molar-refractivity contribution is 5.90. The predicted molar refractivity (Wildman–Crippen MR) is 62.1 cm³/mol. The zero-order valence-corrected chi connectivity index (χ0v) is 8.79. The second-order valence-electron chi connectivity index (χ2n) is 3.55. The highest BCUT2D eigenvalue weighted by Crippen LogP contribution is 2.36. The SMILES string of the molecule is Oc1c(Oc2c[nH]nn2)ccc2ccccc12. The first-order valence-corrected chi connectivity index (χ1v) is 5.09. The molecule has 84 valence electrons. The molecule has 0 bridgehead atoms. The van der Waals surface area contributed by atoms with Crippen molar-refractivity contribution >= 4 is 10.8 Å². The first-order valence-electron chi connectivity index (χ1n) is 5.09. The molecule has 0 aliphatic rings. The number of fused-ring (bicyclic) bond motifs is 1. The molecule has 0 aliphatic carbocycles. The predicted octanol–water partition coefficient (Wildman–Crippen LogP) is 2.46. The normalized spacial score (nSPS) is 10.6. The van der Waals surface area contributed by atoms with E-state index in [9.17, 15) is 5.11 Å². The van der Waals surface area contributed by atoms with Gasteiger partial charge in [0.25, 0.3) is 5.88 Å². The zero-order chi connectivity index (χ0) is 11.7. The zero-order valence-electron chi connectivity index (χ0n) is 8.79. The molecule has 5 nitrogen and oxygen atoms in total. The maximum Gasteiger partial charge on any atom is 0.258 e. The van der Waals surface area contributed by atoms with Crippen LogP contribution in [0.15, 0.2) is 42.6 Å². The van der Waals surface area contributed by atoms with Crippen molar-refractivity contribution in [3.05, 3.63) is 42.6 Å². The van der Waals surface area contributed by atoms with E-state index in [1.807, 2.05) is 30.3 Å². The Labute approximate surface area is 96.7 Å². The van der Waals surface area contributed by atoms with Crippen LogP contribution in [0.3, 0.4) is 0 Å². The number of ether oxygens (including phenoxy) is 1. The van der Waals surface area contributed by atoms with Crippen molar-refractivity contribution in [2.45, 2.75) is 0 Å². The number of benzene rings is 2. The molecule has 0 atom stereocenters. The fourth-order valence-corrected chi connectivity index (χ4v) is 1.67. The molecule has 5 heteroatoms. The van der Waals surface area contributed by atoms with Crippen LogP contribution in [-0.4, -0.2) is 20.5 Å². The molecule has 2 aromatic carbocycles. The van der Waals surface area contributed by atoms with Gasteiger partial charge < -0.3 is 9.84 Å². The van der Waals surface area contributed by atoms with Crippen molar-refractivity contribution in [1.82, 2.24) is 15.4 Å². The molecular formula is C12H9N3O2. The third-order valence-corrected chi connectivity index (χ3v) is 2.47. The molecule has 3 aromatic rings. The fraction of sp³-hybridized carbons (Fsp3) is 0. The van der Waals surface area contributed by atoms with E-state index in [1.165, 1.54) is 6.20 Å². The summed E-state index contributed by atoms with van der Waals surface area (Å²) in [5, 5.41) is 21.5. The topological polar surface area (TPSA) is 71.0 Å². The minimum absolute atomic E-state index is 0.103. The molecule has 0 aliphatic heterocycles.